The van der Waals surface area contributed by atoms with Gasteiger partial charge >= 0.3 is 0 Å². The van der Waals surface area contributed by atoms with E-state index in [2.05, 4.69) is 10.2 Å². The van der Waals surface area contributed by atoms with E-state index >= 15 is 0 Å². The number of carbonyl (C=O) groups is 1. The Morgan fingerprint density at radius 1 is 1.19 bits per heavy atom. The zero-order chi connectivity index (χ0) is 18.9. The van der Waals surface area contributed by atoms with Crippen LogP contribution in [0.25, 0.3) is 0 Å². The Kier molecular flexibility index (Phi) is 8.22. The molecule has 26 heavy (non-hydrogen) atoms. The molecule has 1 aromatic carbocycles. The number of hydrogen-bond acceptors (Lipinski definition) is 5. The second-order valence-corrected chi connectivity index (χ2v) is 7.60. The van der Waals surface area contributed by atoms with E-state index < -0.39 is 0 Å². The Labute approximate surface area is 163 Å². The minimum Gasteiger partial charge on any atom is -0.493 e. The van der Waals surface area contributed by atoms with Crippen LogP contribution in [0.4, 0.5) is 0 Å². The van der Waals surface area contributed by atoms with Crippen molar-refractivity contribution in [3.8, 4) is 11.5 Å². The van der Waals surface area contributed by atoms with Crippen LogP contribution in [0.3, 0.4) is 0 Å². The second kappa shape index (κ2) is 10.4. The van der Waals surface area contributed by atoms with Gasteiger partial charge < -0.3 is 14.8 Å². The van der Waals surface area contributed by atoms with Gasteiger partial charge in [-0.05, 0) is 42.8 Å². The monoisotopic (exact) mass is 396 g/mol. The Bertz CT molecular complexity index is 721. The van der Waals surface area contributed by atoms with Gasteiger partial charge in [0, 0.05) is 18.0 Å². The number of benzene rings is 1. The van der Waals surface area contributed by atoms with Gasteiger partial charge in [0.05, 0.1) is 25.1 Å². The second-order valence-electron chi connectivity index (χ2n) is 5.80. The minimum atomic E-state index is 0.0231. The maximum absolute atomic E-state index is 12.2. The number of thiophene rings is 1. The third kappa shape index (κ3) is 6.20. The summed E-state index contributed by atoms with van der Waals surface area (Å²) in [6.45, 7) is 4.54. The molecule has 142 valence electrons. The van der Waals surface area contributed by atoms with Gasteiger partial charge in [0.1, 0.15) is 0 Å². The number of rotatable bonds is 10. The number of hydrogen-bond donors (Lipinski definition) is 1. The normalized spacial score (nSPS) is 10.8. The van der Waals surface area contributed by atoms with Crippen molar-refractivity contribution >= 4 is 28.8 Å². The molecule has 0 radical (unpaired) electrons. The van der Waals surface area contributed by atoms with Crippen molar-refractivity contribution in [3.05, 3.63) is 45.1 Å². The fraction of sp³-hybridized carbons (Fsp3) is 0.421. The van der Waals surface area contributed by atoms with Gasteiger partial charge in [0.15, 0.2) is 11.5 Å². The molecule has 1 heterocycles. The van der Waals surface area contributed by atoms with Gasteiger partial charge in [0.2, 0.25) is 5.91 Å². The number of nitrogens with one attached hydrogen (secondary N) is 1. The van der Waals surface area contributed by atoms with Crippen LogP contribution >= 0.6 is 22.9 Å². The van der Waals surface area contributed by atoms with Crippen LogP contribution in [-0.2, 0) is 17.8 Å². The number of likely N-dealkylation sites (N-methyl/N-ethyl adjacent to an activating group) is 1. The molecular formula is C19H25ClN2O3S. The summed E-state index contributed by atoms with van der Waals surface area (Å²) in [6.07, 6.45) is 0.735. The predicted molar refractivity (Wildman–Crippen MR) is 107 cm³/mol. The molecule has 2 aromatic rings. The molecule has 0 spiro atoms. The average molecular weight is 397 g/mol. The summed E-state index contributed by atoms with van der Waals surface area (Å²) >= 11 is 7.51. The molecule has 0 unspecified atom stereocenters. The molecule has 0 saturated heterocycles. The van der Waals surface area contributed by atoms with E-state index in [-0.39, 0.29) is 5.91 Å². The fourth-order valence-corrected chi connectivity index (χ4v) is 3.71. The van der Waals surface area contributed by atoms with E-state index in [4.69, 9.17) is 21.1 Å². The molecule has 0 saturated carbocycles. The SMILES string of the molecule is CCN(CC(=O)NCCc1ccc(OC)c(OC)c1)Cc1ccc(Cl)s1. The summed E-state index contributed by atoms with van der Waals surface area (Å²) in [4.78, 5) is 15.5. The number of halogens is 1. The highest BCUT2D eigenvalue weighted by atomic mass is 35.5. The van der Waals surface area contributed by atoms with Crippen molar-refractivity contribution in [1.82, 2.24) is 10.2 Å². The van der Waals surface area contributed by atoms with Crippen LogP contribution in [0.5, 0.6) is 11.5 Å². The zero-order valence-corrected chi connectivity index (χ0v) is 17.0. The minimum absolute atomic E-state index is 0.0231. The van der Waals surface area contributed by atoms with Crippen molar-refractivity contribution in [1.29, 1.82) is 0 Å². The van der Waals surface area contributed by atoms with Gasteiger partial charge in [-0.3, -0.25) is 9.69 Å². The number of ether oxygens (including phenoxy) is 2. The number of methoxy groups -OCH3 is 2. The van der Waals surface area contributed by atoms with Gasteiger partial charge in [-0.2, -0.15) is 0 Å². The highest BCUT2D eigenvalue weighted by Gasteiger charge is 2.11. The van der Waals surface area contributed by atoms with E-state index in [0.717, 1.165) is 34.3 Å². The van der Waals surface area contributed by atoms with E-state index in [1.54, 1.807) is 25.6 Å². The Hall–Kier alpha value is -1.76. The summed E-state index contributed by atoms with van der Waals surface area (Å²) < 4.78 is 11.3. The highest BCUT2D eigenvalue weighted by molar-refractivity contribution is 7.16. The Morgan fingerprint density at radius 3 is 2.58 bits per heavy atom. The molecule has 2 rings (SSSR count). The first-order chi connectivity index (χ1) is 12.5. The lowest BCUT2D eigenvalue weighted by atomic mass is 10.1. The highest BCUT2D eigenvalue weighted by Crippen LogP contribution is 2.27. The van der Waals surface area contributed by atoms with Crippen molar-refractivity contribution in [2.75, 3.05) is 33.9 Å². The van der Waals surface area contributed by atoms with Crippen LogP contribution in [0, 0.1) is 0 Å². The van der Waals surface area contributed by atoms with Crippen molar-refractivity contribution in [2.24, 2.45) is 0 Å². The fourth-order valence-electron chi connectivity index (χ4n) is 2.58. The van der Waals surface area contributed by atoms with Crippen LogP contribution < -0.4 is 14.8 Å². The molecule has 7 heteroatoms. The number of carbonyl (C=O) groups excluding carboxylic acids is 1. The maximum Gasteiger partial charge on any atom is 0.234 e. The molecular weight excluding hydrogens is 372 g/mol. The molecule has 1 N–H and O–H groups in total. The lowest BCUT2D eigenvalue weighted by Gasteiger charge is -2.19. The number of nitrogens with zero attached hydrogens (tertiary/aromatic N) is 1. The van der Waals surface area contributed by atoms with Crippen LogP contribution in [0.15, 0.2) is 30.3 Å². The molecule has 0 fully saturated rings. The summed E-state index contributed by atoms with van der Waals surface area (Å²) in [5.74, 6) is 1.42. The quantitative estimate of drug-likeness (QED) is 0.666. The third-order valence-electron chi connectivity index (χ3n) is 4.01. The number of amides is 1. The molecule has 0 bridgehead atoms. The summed E-state index contributed by atoms with van der Waals surface area (Å²) in [7, 11) is 3.23. The van der Waals surface area contributed by atoms with E-state index in [1.807, 2.05) is 37.3 Å². The lowest BCUT2D eigenvalue weighted by Crippen LogP contribution is -2.37. The van der Waals surface area contributed by atoms with Crippen molar-refractivity contribution < 1.29 is 14.3 Å². The van der Waals surface area contributed by atoms with Crippen LogP contribution in [0.2, 0.25) is 4.34 Å². The van der Waals surface area contributed by atoms with E-state index in [0.29, 0.717) is 24.6 Å². The first-order valence-electron chi connectivity index (χ1n) is 8.49. The molecule has 1 amide bonds. The smallest absolute Gasteiger partial charge is 0.234 e. The van der Waals surface area contributed by atoms with Crippen LogP contribution in [0.1, 0.15) is 17.4 Å². The van der Waals surface area contributed by atoms with Gasteiger partial charge in [-0.25, -0.2) is 0 Å². The standard InChI is InChI=1S/C19H25ClN2O3S/c1-4-22(12-15-6-8-18(20)26-15)13-19(23)21-10-9-14-5-7-16(24-2)17(11-14)25-3/h5-8,11H,4,9-10,12-13H2,1-3H3,(H,21,23). The molecule has 0 aliphatic carbocycles. The summed E-state index contributed by atoms with van der Waals surface area (Å²) in [5.41, 5.74) is 1.09. The first kappa shape index (κ1) is 20.6. The van der Waals surface area contributed by atoms with E-state index in [1.165, 1.54) is 0 Å². The third-order valence-corrected chi connectivity index (χ3v) is 5.22. The van der Waals surface area contributed by atoms with Crippen molar-refractivity contribution in [2.45, 2.75) is 19.9 Å². The predicted octanol–water partition coefficient (Wildman–Crippen LogP) is 3.60. The molecule has 0 aliphatic heterocycles. The summed E-state index contributed by atoms with van der Waals surface area (Å²) in [6, 6.07) is 9.68. The lowest BCUT2D eigenvalue weighted by molar-refractivity contribution is -0.122. The summed E-state index contributed by atoms with van der Waals surface area (Å²) in [5, 5.41) is 2.98. The average Bonchev–Trinajstić information content (AvgIpc) is 3.05. The molecule has 5 nitrogen and oxygen atoms in total. The van der Waals surface area contributed by atoms with Gasteiger partial charge in [-0.1, -0.05) is 24.6 Å². The zero-order valence-electron chi connectivity index (χ0n) is 15.4. The molecule has 0 atom stereocenters. The Morgan fingerprint density at radius 2 is 1.96 bits per heavy atom. The van der Waals surface area contributed by atoms with Crippen molar-refractivity contribution in [3.63, 3.8) is 0 Å². The largest absolute Gasteiger partial charge is 0.493 e. The van der Waals surface area contributed by atoms with Gasteiger partial charge in [-0.15, -0.1) is 11.3 Å². The first-order valence-corrected chi connectivity index (χ1v) is 9.69. The van der Waals surface area contributed by atoms with Crippen LogP contribution in [-0.4, -0.2) is 44.7 Å². The Balaban J connectivity index is 1.78. The molecule has 1 aromatic heterocycles. The van der Waals surface area contributed by atoms with E-state index in [9.17, 15) is 4.79 Å². The van der Waals surface area contributed by atoms with Gasteiger partial charge in [0.25, 0.3) is 0 Å². The maximum atomic E-state index is 12.2. The topological polar surface area (TPSA) is 50.8 Å². The molecule has 0 aliphatic rings.